The number of amides is 2. The van der Waals surface area contributed by atoms with E-state index in [0.29, 0.717) is 5.56 Å². The molecule has 0 saturated carbocycles. The fraction of sp³-hybridized carbons (Fsp3) is 0.333. The third kappa shape index (κ3) is 5.12. The molecule has 0 fully saturated rings. The summed E-state index contributed by atoms with van der Waals surface area (Å²) < 4.78 is 0. The molecule has 0 saturated heterocycles. The van der Waals surface area contributed by atoms with Crippen LogP contribution in [-0.4, -0.2) is 61.4 Å². The first-order valence-electron chi connectivity index (χ1n) is 9.33. The van der Waals surface area contributed by atoms with Crippen molar-refractivity contribution in [1.82, 2.24) is 4.90 Å². The first kappa shape index (κ1) is 24.1. The second kappa shape index (κ2) is 10.2. The summed E-state index contributed by atoms with van der Waals surface area (Å²) in [5.41, 5.74) is 1.25. The molecule has 0 radical (unpaired) electrons. The number of anilines is 1. The van der Waals surface area contributed by atoms with Crippen molar-refractivity contribution in [2.45, 2.75) is 33.0 Å². The Kier molecular flexibility index (Phi) is 7.95. The number of likely N-dealkylation sites (N-methyl/N-ethyl adjacent to an activating group) is 2. The Bertz CT molecular complexity index is 926. The average molecular weight is 434 g/mol. The molecule has 6 N–H and O–H groups in total. The summed E-state index contributed by atoms with van der Waals surface area (Å²) in [6, 6.07) is 5.60. The van der Waals surface area contributed by atoms with Crippen LogP contribution in [0.1, 0.15) is 27.8 Å². The zero-order valence-electron chi connectivity index (χ0n) is 17.2. The number of benzene rings is 2. The number of carbonyl (C=O) groups is 2. The summed E-state index contributed by atoms with van der Waals surface area (Å²) in [6.45, 7) is -2.01. The first-order valence-corrected chi connectivity index (χ1v) is 9.33. The van der Waals surface area contributed by atoms with E-state index in [1.807, 2.05) is 0 Å². The van der Waals surface area contributed by atoms with Crippen LogP contribution in [0.3, 0.4) is 0 Å². The van der Waals surface area contributed by atoms with Crippen LogP contribution < -0.4 is 4.90 Å². The number of aliphatic hydroxyl groups excluding tert-OH is 4. The van der Waals surface area contributed by atoms with Crippen molar-refractivity contribution in [3.8, 4) is 11.5 Å². The summed E-state index contributed by atoms with van der Waals surface area (Å²) in [4.78, 5) is 27.5. The maximum Gasteiger partial charge on any atom is 0.316 e. The third-order valence-electron chi connectivity index (χ3n) is 4.90. The molecular formula is C21H26N2O8. The van der Waals surface area contributed by atoms with Crippen molar-refractivity contribution in [1.29, 1.82) is 0 Å². The van der Waals surface area contributed by atoms with Crippen molar-refractivity contribution in [3.05, 3.63) is 52.1 Å². The van der Waals surface area contributed by atoms with Gasteiger partial charge >= 0.3 is 11.8 Å². The summed E-state index contributed by atoms with van der Waals surface area (Å²) in [7, 11) is 2.74. The van der Waals surface area contributed by atoms with Crippen LogP contribution in [0.5, 0.6) is 11.5 Å². The van der Waals surface area contributed by atoms with E-state index in [2.05, 4.69) is 0 Å². The predicted octanol–water partition coefficient (Wildman–Crippen LogP) is -0.312. The van der Waals surface area contributed by atoms with Crippen LogP contribution in [-0.2, 0) is 42.6 Å². The van der Waals surface area contributed by atoms with E-state index in [-0.39, 0.29) is 46.0 Å². The van der Waals surface area contributed by atoms with E-state index in [9.17, 15) is 40.2 Å². The van der Waals surface area contributed by atoms with Crippen molar-refractivity contribution < 1.29 is 40.2 Å². The molecule has 31 heavy (non-hydrogen) atoms. The first-order chi connectivity index (χ1) is 14.7. The Balaban J connectivity index is 2.24. The highest BCUT2D eigenvalue weighted by atomic mass is 16.3. The molecule has 0 heterocycles. The summed E-state index contributed by atoms with van der Waals surface area (Å²) in [5.74, 6) is -2.28. The largest absolute Gasteiger partial charge is 0.507 e. The van der Waals surface area contributed by atoms with Gasteiger partial charge in [0.2, 0.25) is 0 Å². The van der Waals surface area contributed by atoms with Crippen molar-refractivity contribution in [3.63, 3.8) is 0 Å². The van der Waals surface area contributed by atoms with Gasteiger partial charge in [-0.3, -0.25) is 9.59 Å². The third-order valence-corrected chi connectivity index (χ3v) is 4.90. The number of hydrogen-bond acceptors (Lipinski definition) is 8. The monoisotopic (exact) mass is 434 g/mol. The molecule has 0 aliphatic rings. The highest BCUT2D eigenvalue weighted by Crippen LogP contribution is 2.29. The molecule has 0 unspecified atom stereocenters. The Labute approximate surface area is 178 Å². The molecule has 2 aromatic rings. The second-order valence-corrected chi connectivity index (χ2v) is 7.03. The number of rotatable bonds is 7. The molecule has 0 atom stereocenters. The van der Waals surface area contributed by atoms with Gasteiger partial charge in [0.05, 0.1) is 26.4 Å². The fourth-order valence-corrected chi connectivity index (χ4v) is 3.11. The second-order valence-electron chi connectivity index (χ2n) is 7.03. The zero-order chi connectivity index (χ0) is 23.3. The van der Waals surface area contributed by atoms with Crippen molar-refractivity contribution in [2.75, 3.05) is 19.0 Å². The van der Waals surface area contributed by atoms with Gasteiger partial charge in [-0.1, -0.05) is 0 Å². The van der Waals surface area contributed by atoms with Crippen LogP contribution >= 0.6 is 0 Å². The smallest absolute Gasteiger partial charge is 0.316 e. The molecule has 10 nitrogen and oxygen atoms in total. The molecule has 0 aliphatic carbocycles. The van der Waals surface area contributed by atoms with E-state index in [4.69, 9.17) is 0 Å². The molecule has 0 spiro atoms. The minimum absolute atomic E-state index is 0.0297. The van der Waals surface area contributed by atoms with Crippen LogP contribution in [0.25, 0.3) is 0 Å². The zero-order valence-corrected chi connectivity index (χ0v) is 17.2. The summed E-state index contributed by atoms with van der Waals surface area (Å²) in [6.07, 6.45) is 0. The minimum Gasteiger partial charge on any atom is -0.507 e. The molecule has 0 aliphatic heterocycles. The molecular weight excluding hydrogens is 408 g/mol. The fourth-order valence-electron chi connectivity index (χ4n) is 3.11. The number of aromatic hydroxyl groups is 2. The maximum atomic E-state index is 12.7. The Morgan fingerprint density at radius 3 is 1.48 bits per heavy atom. The SMILES string of the molecule is CN(Cc1cc(CO)c(O)c(CO)c1)C(=O)C(=O)N(C)c1cc(CO)c(O)c(CO)c1. The number of carbonyl (C=O) groups excluding carboxylic acids is 2. The molecule has 0 aromatic heterocycles. The Hall–Kier alpha value is -3.18. The molecule has 10 heteroatoms. The quantitative estimate of drug-likeness (QED) is 0.323. The molecule has 168 valence electrons. The summed E-state index contributed by atoms with van der Waals surface area (Å²) >= 11 is 0. The van der Waals surface area contributed by atoms with Gasteiger partial charge in [-0.05, 0) is 29.8 Å². The molecule has 0 bridgehead atoms. The molecule has 2 aromatic carbocycles. The maximum absolute atomic E-state index is 12.7. The van der Waals surface area contributed by atoms with Crippen LogP contribution in [0.2, 0.25) is 0 Å². The lowest BCUT2D eigenvalue weighted by atomic mass is 10.0. The van der Waals surface area contributed by atoms with Crippen LogP contribution in [0.15, 0.2) is 24.3 Å². The molecule has 2 amide bonds. The van der Waals surface area contributed by atoms with Gasteiger partial charge < -0.3 is 40.4 Å². The number of phenols is 2. The molecule has 2 rings (SSSR count). The van der Waals surface area contributed by atoms with Crippen LogP contribution in [0, 0.1) is 0 Å². The van der Waals surface area contributed by atoms with Gasteiger partial charge in [0.25, 0.3) is 0 Å². The van der Waals surface area contributed by atoms with Gasteiger partial charge in [-0.2, -0.15) is 0 Å². The lowest BCUT2D eigenvalue weighted by molar-refractivity contribution is -0.143. The van der Waals surface area contributed by atoms with Gasteiger partial charge in [-0.25, -0.2) is 0 Å². The Morgan fingerprint density at radius 2 is 1.10 bits per heavy atom. The van der Waals surface area contributed by atoms with Crippen molar-refractivity contribution >= 4 is 17.5 Å². The topological polar surface area (TPSA) is 162 Å². The minimum atomic E-state index is -0.899. The van der Waals surface area contributed by atoms with Gasteiger partial charge in [0, 0.05) is 48.6 Å². The van der Waals surface area contributed by atoms with E-state index >= 15 is 0 Å². The van der Waals surface area contributed by atoms with E-state index in [0.717, 1.165) is 9.80 Å². The van der Waals surface area contributed by atoms with E-state index in [1.165, 1.54) is 38.4 Å². The van der Waals surface area contributed by atoms with Crippen molar-refractivity contribution in [2.24, 2.45) is 0 Å². The van der Waals surface area contributed by atoms with E-state index < -0.39 is 38.2 Å². The standard InChI is InChI=1S/C21H26N2O8/c1-22(7-12-3-13(8-24)18(28)14(4-12)9-25)20(30)21(31)23(2)17-5-15(10-26)19(29)16(6-17)11-27/h3-6,24-29H,7-11H2,1-2H3. The lowest BCUT2D eigenvalue weighted by Gasteiger charge is -2.23. The van der Waals surface area contributed by atoms with Gasteiger partial charge in [-0.15, -0.1) is 0 Å². The highest BCUT2D eigenvalue weighted by molar-refractivity contribution is 6.40. The average Bonchev–Trinajstić information content (AvgIpc) is 2.78. The Morgan fingerprint density at radius 1 is 0.710 bits per heavy atom. The normalized spacial score (nSPS) is 10.8. The predicted molar refractivity (Wildman–Crippen MR) is 110 cm³/mol. The van der Waals surface area contributed by atoms with Crippen LogP contribution in [0.4, 0.5) is 5.69 Å². The summed E-state index contributed by atoms with van der Waals surface area (Å²) in [5, 5.41) is 57.4. The van der Waals surface area contributed by atoms with E-state index in [1.54, 1.807) is 0 Å². The number of nitrogens with zero attached hydrogens (tertiary/aromatic N) is 2. The number of hydrogen-bond donors (Lipinski definition) is 6. The highest BCUT2D eigenvalue weighted by Gasteiger charge is 2.25. The number of aliphatic hydroxyl groups is 4. The van der Waals surface area contributed by atoms with Gasteiger partial charge in [0.15, 0.2) is 0 Å². The van der Waals surface area contributed by atoms with Gasteiger partial charge in [0.1, 0.15) is 11.5 Å². The lowest BCUT2D eigenvalue weighted by Crippen LogP contribution is -2.42.